The summed E-state index contributed by atoms with van der Waals surface area (Å²) in [7, 11) is 0. The van der Waals surface area contributed by atoms with E-state index < -0.39 is 0 Å². The van der Waals surface area contributed by atoms with Gasteiger partial charge in [0.05, 0.1) is 5.02 Å². The van der Waals surface area contributed by atoms with Crippen LogP contribution >= 0.6 is 23.4 Å². The van der Waals surface area contributed by atoms with Crippen LogP contribution < -0.4 is 5.32 Å². The number of hydrogen-bond donors (Lipinski definition) is 1. The minimum Gasteiger partial charge on any atom is -0.313 e. The molecule has 2 atom stereocenters. The molecule has 0 bridgehead atoms. The second-order valence-corrected chi connectivity index (χ2v) is 6.69. The summed E-state index contributed by atoms with van der Waals surface area (Å²) in [6.07, 6.45) is 3.35. The second-order valence-electron chi connectivity index (χ2n) is 5.14. The van der Waals surface area contributed by atoms with Gasteiger partial charge in [-0.3, -0.25) is 0 Å². The summed E-state index contributed by atoms with van der Waals surface area (Å²) >= 11 is 7.90. The molecule has 19 heavy (non-hydrogen) atoms. The first-order valence-corrected chi connectivity index (χ1v) is 8.49. The van der Waals surface area contributed by atoms with E-state index in [0.29, 0.717) is 6.04 Å². The molecule has 0 amide bonds. The Hall–Kier alpha value is -0.250. The Kier molecular flexibility index (Phi) is 5.99. The topological polar surface area (TPSA) is 12.0 Å². The monoisotopic (exact) mass is 301 g/mol. The van der Waals surface area contributed by atoms with Gasteiger partial charge in [-0.15, -0.1) is 0 Å². The molecular formula is C15H21ClFNS. The highest BCUT2D eigenvalue weighted by Crippen LogP contribution is 2.28. The summed E-state index contributed by atoms with van der Waals surface area (Å²) in [4.78, 5) is 0. The molecule has 1 N–H and O–H groups in total. The Labute approximate surface area is 124 Å². The normalized spacial score (nSPS) is 20.7. The van der Waals surface area contributed by atoms with E-state index in [1.54, 1.807) is 6.07 Å². The Bertz CT molecular complexity index is 407. The van der Waals surface area contributed by atoms with Crippen molar-refractivity contribution < 1.29 is 4.39 Å². The fourth-order valence-electron chi connectivity index (χ4n) is 2.53. The Morgan fingerprint density at radius 3 is 3.00 bits per heavy atom. The van der Waals surface area contributed by atoms with Gasteiger partial charge in [0.2, 0.25) is 0 Å². The highest BCUT2D eigenvalue weighted by molar-refractivity contribution is 7.99. The highest BCUT2D eigenvalue weighted by Gasteiger charge is 2.25. The van der Waals surface area contributed by atoms with Crippen LogP contribution in [0.25, 0.3) is 0 Å². The van der Waals surface area contributed by atoms with Gasteiger partial charge in [0.1, 0.15) is 5.82 Å². The van der Waals surface area contributed by atoms with Crippen molar-refractivity contribution in [3.8, 4) is 0 Å². The van der Waals surface area contributed by atoms with Crippen LogP contribution in [0.2, 0.25) is 5.02 Å². The van der Waals surface area contributed by atoms with Crippen molar-refractivity contribution >= 4 is 23.4 Å². The predicted octanol–water partition coefficient (Wildman–Crippen LogP) is 4.14. The van der Waals surface area contributed by atoms with Gasteiger partial charge in [0.25, 0.3) is 0 Å². The third kappa shape index (κ3) is 4.37. The maximum atomic E-state index is 13.2. The van der Waals surface area contributed by atoms with E-state index >= 15 is 0 Å². The molecule has 106 valence electrons. The van der Waals surface area contributed by atoms with Crippen LogP contribution in [0.3, 0.4) is 0 Å². The Morgan fingerprint density at radius 1 is 1.53 bits per heavy atom. The zero-order valence-electron chi connectivity index (χ0n) is 11.3. The second kappa shape index (κ2) is 7.51. The smallest absolute Gasteiger partial charge is 0.141 e. The maximum Gasteiger partial charge on any atom is 0.141 e. The van der Waals surface area contributed by atoms with E-state index in [0.717, 1.165) is 30.9 Å². The molecular weight excluding hydrogens is 281 g/mol. The van der Waals surface area contributed by atoms with Crippen LogP contribution in [0.15, 0.2) is 18.2 Å². The molecule has 4 heteroatoms. The van der Waals surface area contributed by atoms with Gasteiger partial charge in [-0.05, 0) is 60.9 Å². The molecule has 0 radical (unpaired) electrons. The lowest BCUT2D eigenvalue weighted by atomic mass is 9.93. The molecule has 1 saturated heterocycles. The molecule has 2 unspecified atom stereocenters. The summed E-state index contributed by atoms with van der Waals surface area (Å²) in [5.74, 6) is 2.88. The summed E-state index contributed by atoms with van der Waals surface area (Å²) in [5.41, 5.74) is 1.12. The van der Waals surface area contributed by atoms with Crippen LogP contribution in [-0.4, -0.2) is 24.1 Å². The number of rotatable bonds is 6. The van der Waals surface area contributed by atoms with Crippen LogP contribution in [0.5, 0.6) is 0 Å². The Morgan fingerprint density at radius 2 is 2.37 bits per heavy atom. The lowest BCUT2D eigenvalue weighted by Crippen LogP contribution is -2.38. The zero-order valence-corrected chi connectivity index (χ0v) is 12.9. The van der Waals surface area contributed by atoms with E-state index in [2.05, 4.69) is 12.2 Å². The number of nitrogens with one attached hydrogen (secondary N) is 1. The van der Waals surface area contributed by atoms with Crippen LogP contribution in [0, 0.1) is 11.7 Å². The van der Waals surface area contributed by atoms with Crippen molar-refractivity contribution in [1.29, 1.82) is 0 Å². The van der Waals surface area contributed by atoms with E-state index in [1.807, 2.05) is 17.8 Å². The first-order valence-electron chi connectivity index (χ1n) is 6.95. The van der Waals surface area contributed by atoms with Crippen LogP contribution in [0.4, 0.5) is 4.39 Å². The summed E-state index contributed by atoms with van der Waals surface area (Å²) in [6.45, 7) is 3.23. The minimum absolute atomic E-state index is 0.229. The highest BCUT2D eigenvalue weighted by atomic mass is 35.5. The molecule has 0 aromatic heterocycles. The molecule has 0 aliphatic carbocycles. The molecule has 1 nitrogen and oxygen atoms in total. The van der Waals surface area contributed by atoms with Gasteiger partial charge in [-0.2, -0.15) is 11.8 Å². The fourth-order valence-corrected chi connectivity index (χ4v) is 4.07. The SMILES string of the molecule is CCCNC(Cc1ccc(F)c(Cl)c1)C1CCSC1. The predicted molar refractivity (Wildman–Crippen MR) is 82.6 cm³/mol. The maximum absolute atomic E-state index is 13.2. The van der Waals surface area contributed by atoms with Crippen LogP contribution in [-0.2, 0) is 6.42 Å². The molecule has 1 aromatic carbocycles. The molecule has 2 rings (SSSR count). The molecule has 0 saturated carbocycles. The van der Waals surface area contributed by atoms with Crippen molar-refractivity contribution in [3.05, 3.63) is 34.6 Å². The largest absolute Gasteiger partial charge is 0.313 e. The van der Waals surface area contributed by atoms with E-state index in [9.17, 15) is 4.39 Å². The zero-order chi connectivity index (χ0) is 13.7. The lowest BCUT2D eigenvalue weighted by molar-refractivity contribution is 0.380. The molecule has 1 heterocycles. The summed E-state index contributed by atoms with van der Waals surface area (Å²) < 4.78 is 13.2. The standard InChI is InChI=1S/C15H21ClFNS/c1-2-6-18-15(12-5-7-19-10-12)9-11-3-4-14(17)13(16)8-11/h3-4,8,12,15,18H,2,5-7,9-10H2,1H3. The van der Waals surface area contributed by atoms with E-state index in [4.69, 9.17) is 11.6 Å². The van der Waals surface area contributed by atoms with Crippen molar-refractivity contribution in [2.75, 3.05) is 18.1 Å². The first kappa shape index (κ1) is 15.1. The fraction of sp³-hybridized carbons (Fsp3) is 0.600. The minimum atomic E-state index is -0.333. The van der Waals surface area contributed by atoms with Gasteiger partial charge < -0.3 is 5.32 Å². The van der Waals surface area contributed by atoms with Crippen molar-refractivity contribution in [2.24, 2.45) is 5.92 Å². The van der Waals surface area contributed by atoms with Crippen LogP contribution in [0.1, 0.15) is 25.3 Å². The average Bonchev–Trinajstić information content (AvgIpc) is 2.92. The quantitative estimate of drug-likeness (QED) is 0.847. The summed E-state index contributed by atoms with van der Waals surface area (Å²) in [6, 6.07) is 5.57. The lowest BCUT2D eigenvalue weighted by Gasteiger charge is -2.24. The first-order chi connectivity index (χ1) is 9.20. The summed E-state index contributed by atoms with van der Waals surface area (Å²) in [5, 5.41) is 3.87. The van der Waals surface area contributed by atoms with Gasteiger partial charge in [0, 0.05) is 6.04 Å². The van der Waals surface area contributed by atoms with Crippen molar-refractivity contribution in [2.45, 2.75) is 32.2 Å². The Balaban J connectivity index is 2.03. The van der Waals surface area contributed by atoms with Crippen molar-refractivity contribution in [1.82, 2.24) is 5.32 Å². The number of benzene rings is 1. The molecule has 1 fully saturated rings. The number of thioether (sulfide) groups is 1. The molecule has 1 aliphatic rings. The van der Waals surface area contributed by atoms with Crippen molar-refractivity contribution in [3.63, 3.8) is 0 Å². The molecule has 1 aliphatic heterocycles. The third-order valence-corrected chi connectivity index (χ3v) is 5.11. The average molecular weight is 302 g/mol. The van der Waals surface area contributed by atoms with Gasteiger partial charge in [-0.1, -0.05) is 24.6 Å². The van der Waals surface area contributed by atoms with E-state index in [-0.39, 0.29) is 10.8 Å². The number of hydrogen-bond acceptors (Lipinski definition) is 2. The third-order valence-electron chi connectivity index (χ3n) is 3.63. The molecule has 1 aromatic rings. The van der Waals surface area contributed by atoms with Gasteiger partial charge in [-0.25, -0.2) is 4.39 Å². The molecule has 0 spiro atoms. The van der Waals surface area contributed by atoms with E-state index in [1.165, 1.54) is 24.0 Å². The van der Waals surface area contributed by atoms with Gasteiger partial charge >= 0.3 is 0 Å². The van der Waals surface area contributed by atoms with Gasteiger partial charge in [0.15, 0.2) is 0 Å². The number of halogens is 2.